The zero-order valence-corrected chi connectivity index (χ0v) is 11.3. The fourth-order valence-corrected chi connectivity index (χ4v) is 3.21. The Morgan fingerprint density at radius 3 is 2.94 bits per heavy atom. The van der Waals surface area contributed by atoms with Crippen molar-refractivity contribution in [1.82, 2.24) is 4.98 Å². The van der Waals surface area contributed by atoms with E-state index in [4.69, 9.17) is 10.8 Å². The van der Waals surface area contributed by atoms with Crippen LogP contribution in [0.5, 0.6) is 0 Å². The smallest absolute Gasteiger partial charge is 0.337 e. The van der Waals surface area contributed by atoms with Crippen LogP contribution in [0.2, 0.25) is 0 Å². The summed E-state index contributed by atoms with van der Waals surface area (Å²) in [4.78, 5) is 17.4. The van der Waals surface area contributed by atoms with E-state index in [9.17, 15) is 4.79 Å². The van der Waals surface area contributed by atoms with Crippen molar-refractivity contribution in [2.24, 2.45) is 0 Å². The molecule has 0 spiro atoms. The number of anilines is 2. The number of nitrogens with zero attached hydrogens (tertiary/aromatic N) is 2. The molecular formula is C12H17N3O2S. The minimum Gasteiger partial charge on any atom is -0.478 e. The normalized spacial score (nSPS) is 18.7. The van der Waals surface area contributed by atoms with Crippen LogP contribution >= 0.6 is 11.8 Å². The number of aromatic nitrogens is 1. The molecule has 1 saturated heterocycles. The highest BCUT2D eigenvalue weighted by atomic mass is 32.2. The second-order valence-corrected chi connectivity index (χ2v) is 6.73. The van der Waals surface area contributed by atoms with Gasteiger partial charge < -0.3 is 15.7 Å². The largest absolute Gasteiger partial charge is 0.478 e. The van der Waals surface area contributed by atoms with Gasteiger partial charge in [-0.15, -0.1) is 0 Å². The molecule has 0 bridgehead atoms. The molecule has 0 amide bonds. The Bertz CT molecular complexity index is 476. The molecule has 2 rings (SSSR count). The minimum atomic E-state index is -1.01. The molecule has 3 N–H and O–H groups in total. The van der Waals surface area contributed by atoms with Gasteiger partial charge in [0.25, 0.3) is 0 Å². The van der Waals surface area contributed by atoms with E-state index in [-0.39, 0.29) is 16.0 Å². The summed E-state index contributed by atoms with van der Waals surface area (Å²) in [5, 5.41) is 9.06. The first kappa shape index (κ1) is 13.0. The first-order valence-electron chi connectivity index (χ1n) is 5.77. The number of hydrogen-bond donors (Lipinski definition) is 2. The van der Waals surface area contributed by atoms with E-state index in [0.717, 1.165) is 18.8 Å². The van der Waals surface area contributed by atoms with Crippen molar-refractivity contribution < 1.29 is 9.90 Å². The highest BCUT2D eigenvalue weighted by molar-refractivity contribution is 8.00. The average Bonchev–Trinajstić information content (AvgIpc) is 2.27. The van der Waals surface area contributed by atoms with Crippen LogP contribution in [0.25, 0.3) is 0 Å². The van der Waals surface area contributed by atoms with Gasteiger partial charge in [-0.25, -0.2) is 9.78 Å². The van der Waals surface area contributed by atoms with Crippen LogP contribution in [0.3, 0.4) is 0 Å². The fourth-order valence-electron chi connectivity index (χ4n) is 2.10. The lowest BCUT2D eigenvalue weighted by molar-refractivity contribution is 0.0698. The maximum atomic E-state index is 11.1. The van der Waals surface area contributed by atoms with E-state index in [2.05, 4.69) is 23.7 Å². The minimum absolute atomic E-state index is 0.121. The third kappa shape index (κ3) is 2.53. The van der Waals surface area contributed by atoms with Crippen molar-refractivity contribution in [2.75, 3.05) is 29.5 Å². The van der Waals surface area contributed by atoms with Crippen LogP contribution in [0, 0.1) is 0 Å². The van der Waals surface area contributed by atoms with Gasteiger partial charge in [-0.3, -0.25) is 0 Å². The van der Waals surface area contributed by atoms with Crippen molar-refractivity contribution in [3.8, 4) is 0 Å². The number of rotatable bonds is 2. The molecule has 1 aromatic heterocycles. The van der Waals surface area contributed by atoms with Crippen molar-refractivity contribution in [3.63, 3.8) is 0 Å². The Morgan fingerprint density at radius 1 is 1.61 bits per heavy atom. The lowest BCUT2D eigenvalue weighted by atomic mass is 10.1. The second kappa shape index (κ2) is 4.68. The summed E-state index contributed by atoms with van der Waals surface area (Å²) in [6, 6.07) is 1.44. The molecule has 1 aliphatic heterocycles. The molecule has 2 heterocycles. The Kier molecular flexibility index (Phi) is 3.38. The number of carboxylic acid groups (broad SMARTS) is 1. The zero-order valence-electron chi connectivity index (χ0n) is 10.5. The summed E-state index contributed by atoms with van der Waals surface area (Å²) in [6.45, 7) is 5.99. The lowest BCUT2D eigenvalue weighted by Crippen LogP contribution is -2.43. The van der Waals surface area contributed by atoms with Crippen LogP contribution in [0.15, 0.2) is 12.3 Å². The standard InChI is InChI=1S/C12H17N3O2S/c1-12(2)7-15(5-6-18-12)10-9(13)8(11(16)17)3-4-14-10/h3-4H,5-7,13H2,1-2H3,(H,16,17). The topological polar surface area (TPSA) is 79.5 Å². The number of nitrogen functional groups attached to an aromatic ring is 1. The predicted octanol–water partition coefficient (Wildman–Crippen LogP) is 1.69. The molecule has 1 fully saturated rings. The van der Waals surface area contributed by atoms with Crippen molar-refractivity contribution in [3.05, 3.63) is 17.8 Å². The molecule has 5 nitrogen and oxygen atoms in total. The van der Waals surface area contributed by atoms with Crippen LogP contribution in [0.4, 0.5) is 11.5 Å². The molecule has 0 unspecified atom stereocenters. The van der Waals surface area contributed by atoms with Gasteiger partial charge in [0.15, 0.2) is 5.82 Å². The van der Waals surface area contributed by atoms with Crippen LogP contribution in [-0.2, 0) is 0 Å². The van der Waals surface area contributed by atoms with E-state index < -0.39 is 5.97 Å². The van der Waals surface area contributed by atoms with E-state index in [1.165, 1.54) is 12.3 Å². The van der Waals surface area contributed by atoms with Gasteiger partial charge in [0.05, 0.1) is 11.3 Å². The van der Waals surface area contributed by atoms with Gasteiger partial charge in [-0.2, -0.15) is 11.8 Å². The van der Waals surface area contributed by atoms with Gasteiger partial charge in [-0.05, 0) is 19.9 Å². The second-order valence-electron chi connectivity index (χ2n) is 4.93. The lowest BCUT2D eigenvalue weighted by Gasteiger charge is -2.38. The van der Waals surface area contributed by atoms with Crippen LogP contribution < -0.4 is 10.6 Å². The number of carboxylic acids is 1. The molecule has 0 atom stereocenters. The van der Waals surface area contributed by atoms with E-state index in [0.29, 0.717) is 5.82 Å². The zero-order chi connectivity index (χ0) is 13.3. The maximum absolute atomic E-state index is 11.1. The summed E-state index contributed by atoms with van der Waals surface area (Å²) in [5.41, 5.74) is 6.29. The molecule has 0 aliphatic carbocycles. The molecule has 0 saturated carbocycles. The van der Waals surface area contributed by atoms with E-state index >= 15 is 0 Å². The first-order chi connectivity index (χ1) is 8.41. The van der Waals surface area contributed by atoms with Gasteiger partial charge >= 0.3 is 5.97 Å². The molecule has 18 heavy (non-hydrogen) atoms. The Hall–Kier alpha value is -1.43. The predicted molar refractivity (Wildman–Crippen MR) is 74.4 cm³/mol. The average molecular weight is 267 g/mol. The van der Waals surface area contributed by atoms with E-state index in [1.807, 2.05) is 11.8 Å². The number of carbonyl (C=O) groups is 1. The Balaban J connectivity index is 2.34. The Labute approximate surface area is 110 Å². The van der Waals surface area contributed by atoms with Crippen molar-refractivity contribution in [1.29, 1.82) is 0 Å². The molecular weight excluding hydrogens is 250 g/mol. The fraction of sp³-hybridized carbons (Fsp3) is 0.500. The van der Waals surface area contributed by atoms with Gasteiger partial charge in [0.1, 0.15) is 0 Å². The molecule has 1 aromatic rings. The van der Waals surface area contributed by atoms with E-state index in [1.54, 1.807) is 0 Å². The van der Waals surface area contributed by atoms with Gasteiger partial charge in [0, 0.05) is 29.8 Å². The molecule has 6 heteroatoms. The SMILES string of the molecule is CC1(C)CN(c2nccc(C(=O)O)c2N)CCS1. The quantitative estimate of drug-likeness (QED) is 0.849. The summed E-state index contributed by atoms with van der Waals surface area (Å²) in [6.07, 6.45) is 1.50. The molecule has 0 aromatic carbocycles. The van der Waals surface area contributed by atoms with Gasteiger partial charge in [0.2, 0.25) is 0 Å². The first-order valence-corrected chi connectivity index (χ1v) is 6.76. The van der Waals surface area contributed by atoms with Gasteiger partial charge in [-0.1, -0.05) is 0 Å². The number of thioether (sulfide) groups is 1. The number of aromatic carboxylic acids is 1. The highest BCUT2D eigenvalue weighted by Gasteiger charge is 2.29. The number of pyridine rings is 1. The van der Waals surface area contributed by atoms with Crippen LogP contribution in [-0.4, -0.2) is 39.6 Å². The third-order valence-electron chi connectivity index (χ3n) is 2.92. The monoisotopic (exact) mass is 267 g/mol. The Morgan fingerprint density at radius 2 is 2.33 bits per heavy atom. The summed E-state index contributed by atoms with van der Waals surface area (Å²) in [5.74, 6) is 0.566. The summed E-state index contributed by atoms with van der Waals surface area (Å²) < 4.78 is 0.131. The summed E-state index contributed by atoms with van der Waals surface area (Å²) >= 11 is 1.91. The van der Waals surface area contributed by atoms with Crippen LogP contribution in [0.1, 0.15) is 24.2 Å². The molecule has 0 radical (unpaired) electrons. The molecule has 98 valence electrons. The highest BCUT2D eigenvalue weighted by Crippen LogP contribution is 2.34. The summed E-state index contributed by atoms with van der Waals surface area (Å²) in [7, 11) is 0. The van der Waals surface area contributed by atoms with Crippen molar-refractivity contribution in [2.45, 2.75) is 18.6 Å². The maximum Gasteiger partial charge on any atom is 0.337 e. The van der Waals surface area contributed by atoms with Crippen molar-refractivity contribution >= 4 is 29.2 Å². The number of nitrogens with two attached hydrogens (primary N) is 1. The third-order valence-corrected chi connectivity index (χ3v) is 4.22. The molecule has 1 aliphatic rings. The number of hydrogen-bond acceptors (Lipinski definition) is 5.